The third kappa shape index (κ3) is 3.54. The number of benzene rings is 2. The lowest BCUT2D eigenvalue weighted by molar-refractivity contribution is -0.695. The maximum absolute atomic E-state index is 4.28. The molecule has 0 atom stereocenters. The summed E-state index contributed by atoms with van der Waals surface area (Å²) in [6.07, 6.45) is 6.77. The third-order valence-electron chi connectivity index (χ3n) is 3.63. The number of aromatic nitrogens is 2. The van der Waals surface area contributed by atoms with E-state index in [4.69, 9.17) is 0 Å². The van der Waals surface area contributed by atoms with Crippen LogP contribution in [0.25, 0.3) is 0 Å². The molecule has 0 spiro atoms. The van der Waals surface area contributed by atoms with E-state index in [0.717, 1.165) is 13.0 Å². The molecular formula is C19H19N2+. The minimum Gasteiger partial charge on any atom is -0.252 e. The highest BCUT2D eigenvalue weighted by molar-refractivity contribution is 5.24. The van der Waals surface area contributed by atoms with Crippen LogP contribution in [0, 0.1) is 6.92 Å². The highest BCUT2D eigenvalue weighted by Crippen LogP contribution is 2.08. The lowest BCUT2D eigenvalue weighted by Crippen LogP contribution is -2.38. The molecule has 1 aromatic heterocycles. The van der Waals surface area contributed by atoms with Gasteiger partial charge in [0.2, 0.25) is 5.69 Å². The number of rotatable bonds is 4. The van der Waals surface area contributed by atoms with Gasteiger partial charge < -0.3 is 0 Å². The SMILES string of the molecule is Cc1ccc(Cc2cncc[n+]2Cc2ccccc2)cc1. The van der Waals surface area contributed by atoms with Crippen LogP contribution in [-0.2, 0) is 13.0 Å². The molecule has 0 saturated carbocycles. The highest BCUT2D eigenvalue weighted by Gasteiger charge is 2.11. The maximum Gasteiger partial charge on any atom is 0.204 e. The normalized spacial score (nSPS) is 10.5. The summed E-state index contributed by atoms with van der Waals surface area (Å²) in [6, 6.07) is 19.2. The average molecular weight is 275 g/mol. The van der Waals surface area contributed by atoms with Gasteiger partial charge in [0.15, 0.2) is 12.7 Å². The molecule has 2 nitrogen and oxygen atoms in total. The van der Waals surface area contributed by atoms with E-state index >= 15 is 0 Å². The van der Waals surface area contributed by atoms with E-state index in [2.05, 4.69) is 71.2 Å². The molecule has 0 aliphatic rings. The van der Waals surface area contributed by atoms with E-state index in [1.165, 1.54) is 22.4 Å². The van der Waals surface area contributed by atoms with Crippen molar-refractivity contribution in [1.82, 2.24) is 4.98 Å². The van der Waals surface area contributed by atoms with Crippen LogP contribution in [0.4, 0.5) is 0 Å². The van der Waals surface area contributed by atoms with Gasteiger partial charge in [0.05, 0.1) is 18.8 Å². The van der Waals surface area contributed by atoms with E-state index < -0.39 is 0 Å². The van der Waals surface area contributed by atoms with Crippen LogP contribution in [0.2, 0.25) is 0 Å². The van der Waals surface area contributed by atoms with Crippen molar-refractivity contribution in [2.45, 2.75) is 19.9 Å². The second-order valence-corrected chi connectivity index (χ2v) is 5.34. The zero-order valence-electron chi connectivity index (χ0n) is 12.2. The van der Waals surface area contributed by atoms with Gasteiger partial charge in [-0.25, -0.2) is 0 Å². The molecule has 0 N–H and O–H groups in total. The predicted molar refractivity (Wildman–Crippen MR) is 84.0 cm³/mol. The zero-order chi connectivity index (χ0) is 14.5. The topological polar surface area (TPSA) is 16.8 Å². The molecular weight excluding hydrogens is 256 g/mol. The van der Waals surface area contributed by atoms with Gasteiger partial charge in [-0.3, -0.25) is 4.98 Å². The Balaban J connectivity index is 1.84. The second kappa shape index (κ2) is 6.31. The largest absolute Gasteiger partial charge is 0.252 e. The molecule has 0 amide bonds. The molecule has 2 heteroatoms. The van der Waals surface area contributed by atoms with Gasteiger partial charge in [-0.2, -0.15) is 4.57 Å². The van der Waals surface area contributed by atoms with Gasteiger partial charge in [-0.15, -0.1) is 0 Å². The number of nitrogens with zero attached hydrogens (tertiary/aromatic N) is 2. The van der Waals surface area contributed by atoms with Gasteiger partial charge in [-0.1, -0.05) is 60.2 Å². The molecule has 0 radical (unpaired) electrons. The van der Waals surface area contributed by atoms with Gasteiger partial charge in [0.25, 0.3) is 0 Å². The summed E-state index contributed by atoms with van der Waals surface area (Å²) < 4.78 is 2.27. The van der Waals surface area contributed by atoms with Crippen molar-refractivity contribution < 1.29 is 4.57 Å². The molecule has 0 bridgehead atoms. The fraction of sp³-hybridized carbons (Fsp3) is 0.158. The van der Waals surface area contributed by atoms with Crippen molar-refractivity contribution >= 4 is 0 Å². The molecule has 0 saturated heterocycles. The van der Waals surface area contributed by atoms with Gasteiger partial charge in [-0.05, 0) is 12.5 Å². The minimum atomic E-state index is 0.880. The molecule has 0 unspecified atom stereocenters. The summed E-state index contributed by atoms with van der Waals surface area (Å²) in [5.74, 6) is 0. The fourth-order valence-electron chi connectivity index (χ4n) is 2.41. The number of hydrogen-bond acceptors (Lipinski definition) is 1. The van der Waals surface area contributed by atoms with Gasteiger partial charge in [0.1, 0.15) is 0 Å². The van der Waals surface area contributed by atoms with Crippen LogP contribution in [0.1, 0.15) is 22.4 Å². The summed E-state index contributed by atoms with van der Waals surface area (Å²) in [4.78, 5) is 4.28. The number of aryl methyl sites for hydroxylation is 1. The second-order valence-electron chi connectivity index (χ2n) is 5.34. The first-order valence-corrected chi connectivity index (χ1v) is 7.23. The molecule has 21 heavy (non-hydrogen) atoms. The molecule has 2 aromatic carbocycles. The lowest BCUT2D eigenvalue weighted by Gasteiger charge is -2.04. The Morgan fingerprint density at radius 3 is 2.43 bits per heavy atom. The summed E-state index contributed by atoms with van der Waals surface area (Å²) in [5, 5.41) is 0. The first kappa shape index (κ1) is 13.5. The highest BCUT2D eigenvalue weighted by atomic mass is 15.0. The van der Waals surface area contributed by atoms with Crippen LogP contribution in [0.15, 0.2) is 73.2 Å². The van der Waals surface area contributed by atoms with Crippen LogP contribution in [-0.4, -0.2) is 4.98 Å². The molecule has 0 fully saturated rings. The van der Waals surface area contributed by atoms with Crippen LogP contribution in [0.3, 0.4) is 0 Å². The third-order valence-corrected chi connectivity index (χ3v) is 3.63. The number of hydrogen-bond donors (Lipinski definition) is 0. The van der Waals surface area contributed by atoms with Gasteiger partial charge >= 0.3 is 0 Å². The zero-order valence-corrected chi connectivity index (χ0v) is 12.2. The maximum atomic E-state index is 4.28. The Morgan fingerprint density at radius 1 is 0.905 bits per heavy atom. The quantitative estimate of drug-likeness (QED) is 0.667. The van der Waals surface area contributed by atoms with E-state index in [1.54, 1.807) is 0 Å². The van der Waals surface area contributed by atoms with E-state index in [1.807, 2.05) is 18.5 Å². The monoisotopic (exact) mass is 275 g/mol. The standard InChI is InChI=1S/C19H19N2/c1-16-7-9-17(10-8-16)13-19-14-20-11-12-21(19)15-18-5-3-2-4-6-18/h2-12,14H,13,15H2,1H3/q+1. The summed E-state index contributed by atoms with van der Waals surface area (Å²) in [7, 11) is 0. The van der Waals surface area contributed by atoms with Crippen LogP contribution in [0.5, 0.6) is 0 Å². The van der Waals surface area contributed by atoms with Gasteiger partial charge in [0, 0.05) is 5.56 Å². The summed E-state index contributed by atoms with van der Waals surface area (Å²) in [5.41, 5.74) is 5.14. The first-order valence-electron chi connectivity index (χ1n) is 7.23. The van der Waals surface area contributed by atoms with Crippen LogP contribution >= 0.6 is 0 Å². The van der Waals surface area contributed by atoms with Crippen molar-refractivity contribution in [1.29, 1.82) is 0 Å². The Labute approximate surface area is 125 Å². The fourth-order valence-corrected chi connectivity index (χ4v) is 2.41. The van der Waals surface area contributed by atoms with Crippen molar-refractivity contribution in [2.75, 3.05) is 0 Å². The Bertz CT molecular complexity index is 703. The van der Waals surface area contributed by atoms with Crippen molar-refractivity contribution in [3.63, 3.8) is 0 Å². The van der Waals surface area contributed by atoms with Crippen LogP contribution < -0.4 is 4.57 Å². The molecule has 3 aromatic rings. The Kier molecular flexibility index (Phi) is 4.06. The smallest absolute Gasteiger partial charge is 0.204 e. The van der Waals surface area contributed by atoms with Crippen molar-refractivity contribution in [2.24, 2.45) is 0 Å². The van der Waals surface area contributed by atoms with E-state index in [0.29, 0.717) is 0 Å². The molecule has 0 aliphatic carbocycles. The predicted octanol–water partition coefficient (Wildman–Crippen LogP) is 3.32. The van der Waals surface area contributed by atoms with Crippen molar-refractivity contribution in [3.05, 3.63) is 95.6 Å². The molecule has 3 rings (SSSR count). The molecule has 1 heterocycles. The Hall–Kier alpha value is -2.48. The lowest BCUT2D eigenvalue weighted by atomic mass is 10.1. The minimum absolute atomic E-state index is 0.880. The van der Waals surface area contributed by atoms with E-state index in [9.17, 15) is 0 Å². The van der Waals surface area contributed by atoms with E-state index in [-0.39, 0.29) is 0 Å². The molecule has 104 valence electrons. The van der Waals surface area contributed by atoms with Crippen molar-refractivity contribution in [3.8, 4) is 0 Å². The molecule has 0 aliphatic heterocycles. The Morgan fingerprint density at radius 2 is 1.67 bits per heavy atom. The summed E-state index contributed by atoms with van der Waals surface area (Å²) >= 11 is 0. The summed E-state index contributed by atoms with van der Waals surface area (Å²) in [6.45, 7) is 2.99. The average Bonchev–Trinajstić information content (AvgIpc) is 2.52. The first-order chi connectivity index (χ1) is 10.3.